The van der Waals surface area contributed by atoms with Gasteiger partial charge in [-0.15, -0.1) is 0 Å². The van der Waals surface area contributed by atoms with Crippen molar-refractivity contribution in [2.24, 2.45) is 0 Å². The van der Waals surface area contributed by atoms with E-state index in [-0.39, 0.29) is 35.0 Å². The summed E-state index contributed by atoms with van der Waals surface area (Å²) < 4.78 is 0. The Balaban J connectivity index is 2.25. The Morgan fingerprint density at radius 1 is 0.900 bits per heavy atom. The standard InChI is InChI=1S/C15H12O5/c16-6-7-1-8-3-9-4-10(17)5-12(19)14(9)15(20)13(8)11(18)2-7/h1-2,4-5,16-19H,3,6H2. The van der Waals surface area contributed by atoms with Gasteiger partial charge in [0.15, 0.2) is 0 Å². The van der Waals surface area contributed by atoms with Crippen molar-refractivity contribution >= 4 is 5.78 Å². The highest BCUT2D eigenvalue weighted by atomic mass is 16.3. The quantitative estimate of drug-likeness (QED) is 0.537. The average Bonchev–Trinajstić information content (AvgIpc) is 2.36. The average molecular weight is 272 g/mol. The van der Waals surface area contributed by atoms with Crippen LogP contribution in [0.3, 0.4) is 0 Å². The van der Waals surface area contributed by atoms with E-state index in [2.05, 4.69) is 0 Å². The highest BCUT2D eigenvalue weighted by Gasteiger charge is 2.29. The van der Waals surface area contributed by atoms with E-state index in [1.54, 1.807) is 6.07 Å². The Labute approximate surface area is 114 Å². The van der Waals surface area contributed by atoms with Crippen molar-refractivity contribution < 1.29 is 25.2 Å². The van der Waals surface area contributed by atoms with Crippen LogP contribution in [0.25, 0.3) is 0 Å². The summed E-state index contributed by atoms with van der Waals surface area (Å²) in [6, 6.07) is 5.48. The molecule has 4 N–H and O–H groups in total. The van der Waals surface area contributed by atoms with Crippen LogP contribution < -0.4 is 0 Å². The minimum Gasteiger partial charge on any atom is -0.508 e. The van der Waals surface area contributed by atoms with Crippen LogP contribution in [0.2, 0.25) is 0 Å². The number of aliphatic hydroxyl groups is 1. The van der Waals surface area contributed by atoms with E-state index in [4.69, 9.17) is 5.11 Å². The first-order valence-corrected chi connectivity index (χ1v) is 6.06. The Kier molecular flexibility index (Phi) is 2.65. The summed E-state index contributed by atoms with van der Waals surface area (Å²) in [4.78, 5) is 12.4. The van der Waals surface area contributed by atoms with Crippen LogP contribution in [-0.2, 0) is 13.0 Å². The number of phenols is 3. The predicted octanol–water partition coefficient (Wildman–Crippen LogP) is 1.43. The van der Waals surface area contributed by atoms with Crippen molar-refractivity contribution in [3.63, 3.8) is 0 Å². The van der Waals surface area contributed by atoms with E-state index >= 15 is 0 Å². The molecule has 2 aromatic carbocycles. The van der Waals surface area contributed by atoms with Gasteiger partial charge in [0, 0.05) is 6.07 Å². The van der Waals surface area contributed by atoms with Gasteiger partial charge in [0.1, 0.15) is 17.2 Å². The van der Waals surface area contributed by atoms with Crippen molar-refractivity contribution in [2.45, 2.75) is 13.0 Å². The number of phenolic OH excluding ortho intramolecular Hbond substituents is 3. The zero-order valence-corrected chi connectivity index (χ0v) is 10.4. The molecular formula is C15H12O5. The van der Waals surface area contributed by atoms with Crippen LogP contribution >= 0.6 is 0 Å². The lowest BCUT2D eigenvalue weighted by Crippen LogP contribution is -2.16. The fourth-order valence-corrected chi connectivity index (χ4v) is 2.64. The molecule has 0 saturated carbocycles. The fourth-order valence-electron chi connectivity index (χ4n) is 2.64. The van der Waals surface area contributed by atoms with E-state index in [1.165, 1.54) is 12.1 Å². The Bertz CT molecular complexity index is 734. The number of hydrogen-bond acceptors (Lipinski definition) is 5. The van der Waals surface area contributed by atoms with Crippen molar-refractivity contribution in [3.05, 3.63) is 52.1 Å². The van der Waals surface area contributed by atoms with E-state index in [0.29, 0.717) is 23.1 Å². The van der Waals surface area contributed by atoms with E-state index in [1.807, 2.05) is 0 Å². The molecule has 0 spiro atoms. The van der Waals surface area contributed by atoms with E-state index in [0.717, 1.165) is 6.07 Å². The van der Waals surface area contributed by atoms with Crippen LogP contribution in [0.4, 0.5) is 0 Å². The van der Waals surface area contributed by atoms with Gasteiger partial charge >= 0.3 is 0 Å². The zero-order valence-electron chi connectivity index (χ0n) is 10.4. The number of ketones is 1. The van der Waals surface area contributed by atoms with Gasteiger partial charge < -0.3 is 20.4 Å². The molecule has 0 fully saturated rings. The minimum absolute atomic E-state index is 0.0994. The molecule has 0 radical (unpaired) electrons. The lowest BCUT2D eigenvalue weighted by atomic mass is 9.83. The number of hydrogen-bond donors (Lipinski definition) is 4. The summed E-state index contributed by atoms with van der Waals surface area (Å²) in [6.45, 7) is -0.243. The number of benzene rings is 2. The monoisotopic (exact) mass is 272 g/mol. The predicted molar refractivity (Wildman–Crippen MR) is 70.0 cm³/mol. The van der Waals surface area contributed by atoms with Gasteiger partial charge in [-0.2, -0.15) is 0 Å². The van der Waals surface area contributed by atoms with Gasteiger partial charge in [0.25, 0.3) is 0 Å². The van der Waals surface area contributed by atoms with Gasteiger partial charge in [0.2, 0.25) is 5.78 Å². The maximum absolute atomic E-state index is 12.4. The first-order valence-electron chi connectivity index (χ1n) is 6.06. The molecule has 0 aromatic heterocycles. The smallest absolute Gasteiger partial charge is 0.201 e. The summed E-state index contributed by atoms with van der Waals surface area (Å²) in [6.07, 6.45) is 0.291. The van der Waals surface area contributed by atoms with Crippen LogP contribution in [0.15, 0.2) is 24.3 Å². The van der Waals surface area contributed by atoms with Gasteiger partial charge in [-0.05, 0) is 35.2 Å². The van der Waals surface area contributed by atoms with E-state index < -0.39 is 5.78 Å². The second-order valence-corrected chi connectivity index (χ2v) is 4.81. The number of rotatable bonds is 1. The minimum atomic E-state index is -0.485. The highest BCUT2D eigenvalue weighted by Crippen LogP contribution is 2.39. The molecule has 1 aliphatic carbocycles. The number of aromatic hydroxyl groups is 3. The van der Waals surface area contributed by atoms with Crippen LogP contribution in [0, 0.1) is 0 Å². The lowest BCUT2D eigenvalue weighted by molar-refractivity contribution is 0.102. The third-order valence-electron chi connectivity index (χ3n) is 3.46. The molecule has 5 heteroatoms. The molecule has 2 aromatic rings. The highest BCUT2D eigenvalue weighted by molar-refractivity contribution is 6.15. The van der Waals surface area contributed by atoms with Crippen molar-refractivity contribution in [1.29, 1.82) is 0 Å². The number of carbonyl (C=O) groups is 1. The van der Waals surface area contributed by atoms with E-state index in [9.17, 15) is 20.1 Å². The van der Waals surface area contributed by atoms with Crippen molar-refractivity contribution in [3.8, 4) is 17.2 Å². The molecule has 0 bridgehead atoms. The zero-order chi connectivity index (χ0) is 14.4. The maximum atomic E-state index is 12.4. The summed E-state index contributed by atoms with van der Waals surface area (Å²) >= 11 is 0. The molecule has 0 saturated heterocycles. The second kappa shape index (κ2) is 4.25. The number of fused-ring (bicyclic) bond motifs is 2. The molecule has 0 amide bonds. The normalized spacial score (nSPS) is 12.9. The first kappa shape index (κ1) is 12.5. The summed E-state index contributed by atoms with van der Waals surface area (Å²) in [5, 5.41) is 38.4. The second-order valence-electron chi connectivity index (χ2n) is 4.81. The largest absolute Gasteiger partial charge is 0.508 e. The molecule has 0 heterocycles. The third kappa shape index (κ3) is 1.71. The molecule has 5 nitrogen and oxygen atoms in total. The van der Waals surface area contributed by atoms with Crippen LogP contribution in [0.1, 0.15) is 32.6 Å². The molecule has 0 aliphatic heterocycles. The number of carbonyl (C=O) groups excluding carboxylic acids is 1. The Morgan fingerprint density at radius 3 is 2.15 bits per heavy atom. The summed E-state index contributed by atoms with van der Waals surface area (Å²) in [7, 11) is 0. The lowest BCUT2D eigenvalue weighted by Gasteiger charge is -2.21. The van der Waals surface area contributed by atoms with Crippen molar-refractivity contribution in [1.82, 2.24) is 0 Å². The first-order chi connectivity index (χ1) is 9.51. The molecule has 20 heavy (non-hydrogen) atoms. The van der Waals surface area contributed by atoms with Gasteiger partial charge in [0.05, 0.1) is 17.7 Å². The topological polar surface area (TPSA) is 98.0 Å². The summed E-state index contributed by atoms with van der Waals surface area (Å²) in [5.41, 5.74) is 1.80. The molecule has 0 atom stereocenters. The fraction of sp³-hybridized carbons (Fsp3) is 0.133. The Morgan fingerprint density at radius 2 is 1.50 bits per heavy atom. The molecular weight excluding hydrogens is 260 g/mol. The SMILES string of the molecule is O=C1c2c(O)cc(O)cc2Cc2cc(CO)cc(O)c21. The van der Waals surface area contributed by atoms with Gasteiger partial charge in [-0.3, -0.25) is 4.79 Å². The van der Waals surface area contributed by atoms with Crippen molar-refractivity contribution in [2.75, 3.05) is 0 Å². The molecule has 0 unspecified atom stereocenters. The molecule has 1 aliphatic rings. The van der Waals surface area contributed by atoms with Crippen LogP contribution in [-0.4, -0.2) is 26.2 Å². The number of aliphatic hydroxyl groups excluding tert-OH is 1. The van der Waals surface area contributed by atoms with Gasteiger partial charge in [-0.1, -0.05) is 6.07 Å². The molecule has 102 valence electrons. The molecule has 3 rings (SSSR count). The van der Waals surface area contributed by atoms with Crippen LogP contribution in [0.5, 0.6) is 17.2 Å². The third-order valence-corrected chi connectivity index (χ3v) is 3.46. The maximum Gasteiger partial charge on any atom is 0.201 e. The summed E-state index contributed by atoms with van der Waals surface area (Å²) in [5.74, 6) is -1.13. The Hall–Kier alpha value is -2.53. The van der Waals surface area contributed by atoms with Gasteiger partial charge in [-0.25, -0.2) is 0 Å².